The van der Waals surface area contributed by atoms with E-state index in [4.69, 9.17) is 17.3 Å². The van der Waals surface area contributed by atoms with Crippen molar-refractivity contribution in [1.82, 2.24) is 10.3 Å². The number of aromatic hydroxyl groups is 1. The molecule has 0 saturated heterocycles. The molecule has 0 aliphatic rings. The number of nitrogens with zero attached hydrogens (tertiary/aromatic N) is 1. The summed E-state index contributed by atoms with van der Waals surface area (Å²) in [7, 11) is 0. The first-order valence-corrected chi connectivity index (χ1v) is 11.6. The minimum absolute atomic E-state index is 0.0160. The van der Waals surface area contributed by atoms with Gasteiger partial charge in [-0.15, -0.1) is 0 Å². The molecular formula is C27H25ClFN5O2. The molecule has 6 N–H and O–H groups in total. The van der Waals surface area contributed by atoms with Gasteiger partial charge in [0.1, 0.15) is 18.2 Å². The number of pyridine rings is 1. The first kappa shape index (κ1) is 24.8. The van der Waals surface area contributed by atoms with Crippen molar-refractivity contribution in [2.24, 2.45) is 0 Å². The van der Waals surface area contributed by atoms with Gasteiger partial charge in [-0.3, -0.25) is 4.79 Å². The summed E-state index contributed by atoms with van der Waals surface area (Å²) in [5.74, 6) is 0.0647. The molecule has 3 aromatic carbocycles. The van der Waals surface area contributed by atoms with Gasteiger partial charge in [-0.2, -0.15) is 0 Å². The lowest BCUT2D eigenvalue weighted by Gasteiger charge is -2.14. The Kier molecular flexibility index (Phi) is 7.87. The quantitative estimate of drug-likeness (QED) is 0.188. The number of alkyl halides is 1. The van der Waals surface area contributed by atoms with Crippen molar-refractivity contribution >= 4 is 40.4 Å². The van der Waals surface area contributed by atoms with E-state index in [9.17, 15) is 14.3 Å². The summed E-state index contributed by atoms with van der Waals surface area (Å²) in [5.41, 5.74) is 10.2. The highest BCUT2D eigenvalue weighted by Gasteiger charge is 2.12. The number of hydrogen-bond donors (Lipinski definition) is 5. The average molecular weight is 506 g/mol. The van der Waals surface area contributed by atoms with Crippen LogP contribution in [-0.2, 0) is 18.0 Å². The second-order valence-electron chi connectivity index (χ2n) is 8.03. The van der Waals surface area contributed by atoms with Gasteiger partial charge in [0.05, 0.1) is 12.2 Å². The molecule has 0 aliphatic carbocycles. The van der Waals surface area contributed by atoms with Crippen molar-refractivity contribution < 1.29 is 14.3 Å². The number of rotatable bonds is 9. The van der Waals surface area contributed by atoms with Gasteiger partial charge in [-0.05, 0) is 54.6 Å². The number of phenolic OH excluding ortho intramolecular Hbond substituents is 1. The van der Waals surface area contributed by atoms with Crippen LogP contribution in [0.4, 0.5) is 27.3 Å². The number of nitrogens with one attached hydrogen (secondary N) is 3. The summed E-state index contributed by atoms with van der Waals surface area (Å²) >= 11 is 5.96. The number of nitrogens with two attached hydrogens (primary N) is 1. The van der Waals surface area contributed by atoms with Crippen molar-refractivity contribution in [3.05, 3.63) is 95.0 Å². The molecule has 0 aliphatic heterocycles. The molecular weight excluding hydrogens is 481 g/mol. The van der Waals surface area contributed by atoms with Crippen molar-refractivity contribution in [2.45, 2.75) is 13.2 Å². The molecule has 9 heteroatoms. The van der Waals surface area contributed by atoms with E-state index in [1.807, 2.05) is 30.3 Å². The molecule has 4 aromatic rings. The number of halogens is 2. The van der Waals surface area contributed by atoms with Crippen LogP contribution in [0.1, 0.15) is 11.1 Å². The van der Waals surface area contributed by atoms with E-state index in [0.717, 1.165) is 5.69 Å². The summed E-state index contributed by atoms with van der Waals surface area (Å²) in [6.45, 7) is -0.336. The number of aromatic nitrogens is 1. The van der Waals surface area contributed by atoms with Gasteiger partial charge in [0.2, 0.25) is 5.91 Å². The summed E-state index contributed by atoms with van der Waals surface area (Å²) in [4.78, 5) is 16.6. The summed E-state index contributed by atoms with van der Waals surface area (Å²) < 4.78 is 13.4. The van der Waals surface area contributed by atoms with E-state index < -0.39 is 6.67 Å². The topological polar surface area (TPSA) is 112 Å². The zero-order valence-corrected chi connectivity index (χ0v) is 20.0. The highest BCUT2D eigenvalue weighted by atomic mass is 35.5. The minimum atomic E-state index is -0.674. The first-order valence-electron chi connectivity index (χ1n) is 11.2. The molecule has 36 heavy (non-hydrogen) atoms. The van der Waals surface area contributed by atoms with Crippen molar-refractivity contribution in [3.63, 3.8) is 0 Å². The fraction of sp³-hybridized carbons (Fsp3) is 0.111. The van der Waals surface area contributed by atoms with Gasteiger partial charge in [-0.1, -0.05) is 35.9 Å². The van der Waals surface area contributed by atoms with E-state index in [1.54, 1.807) is 42.5 Å². The normalized spacial score (nSPS) is 10.6. The molecule has 1 amide bonds. The second-order valence-corrected chi connectivity index (χ2v) is 8.47. The predicted octanol–water partition coefficient (Wildman–Crippen LogP) is 5.63. The van der Waals surface area contributed by atoms with Gasteiger partial charge in [0.15, 0.2) is 0 Å². The molecule has 0 fully saturated rings. The number of anilines is 4. The van der Waals surface area contributed by atoms with Crippen LogP contribution in [0.5, 0.6) is 5.75 Å². The van der Waals surface area contributed by atoms with Crippen LogP contribution in [0.15, 0.2) is 78.9 Å². The highest BCUT2D eigenvalue weighted by Crippen LogP contribution is 2.33. The lowest BCUT2D eigenvalue weighted by Crippen LogP contribution is -2.29. The fourth-order valence-corrected chi connectivity index (χ4v) is 3.76. The highest BCUT2D eigenvalue weighted by molar-refractivity contribution is 6.30. The van der Waals surface area contributed by atoms with E-state index in [-0.39, 0.29) is 30.6 Å². The van der Waals surface area contributed by atoms with Gasteiger partial charge >= 0.3 is 0 Å². The molecule has 1 aromatic heterocycles. The number of amides is 1. The Morgan fingerprint density at radius 3 is 2.53 bits per heavy atom. The lowest BCUT2D eigenvalue weighted by atomic mass is 10.1. The zero-order chi connectivity index (χ0) is 25.5. The Labute approximate surface area is 213 Å². The summed E-state index contributed by atoms with van der Waals surface area (Å²) in [6, 6.07) is 22.7. The number of para-hydroxylation sites is 1. The Morgan fingerprint density at radius 1 is 0.972 bits per heavy atom. The van der Waals surface area contributed by atoms with E-state index in [2.05, 4.69) is 20.9 Å². The van der Waals surface area contributed by atoms with Crippen molar-refractivity contribution in [1.29, 1.82) is 0 Å². The van der Waals surface area contributed by atoms with E-state index in [0.29, 0.717) is 38.8 Å². The first-order chi connectivity index (χ1) is 17.4. The fourth-order valence-electron chi connectivity index (χ4n) is 3.57. The maximum atomic E-state index is 13.4. The Bertz CT molecular complexity index is 1370. The Balaban J connectivity index is 1.44. The number of benzene rings is 3. The SMILES string of the molecule is Nc1nc(-c2cc(Nc3ccc(Cl)cc3CF)ccc2O)ccc1CNC(=O)CNc1ccccc1. The Hall–Kier alpha value is -4.30. The van der Waals surface area contributed by atoms with Crippen molar-refractivity contribution in [3.8, 4) is 17.0 Å². The third kappa shape index (κ3) is 6.22. The van der Waals surface area contributed by atoms with Gasteiger partial charge in [-0.25, -0.2) is 9.37 Å². The number of hydrogen-bond acceptors (Lipinski definition) is 6. The number of carbonyl (C=O) groups is 1. The van der Waals surface area contributed by atoms with Crippen molar-refractivity contribution in [2.75, 3.05) is 22.9 Å². The third-order valence-electron chi connectivity index (χ3n) is 5.48. The molecule has 1 heterocycles. The molecule has 4 rings (SSSR count). The molecule has 0 radical (unpaired) electrons. The average Bonchev–Trinajstić information content (AvgIpc) is 2.89. The maximum Gasteiger partial charge on any atom is 0.239 e. The summed E-state index contributed by atoms with van der Waals surface area (Å²) in [6.07, 6.45) is 0. The standard InChI is InChI=1S/C27H25ClFN5O2/c28-19-7-10-23(18(12-19)14-29)33-21-8-11-25(35)22(13-21)24-9-6-17(27(30)34-24)15-32-26(36)16-31-20-4-2-1-3-5-20/h1-13,31,33,35H,14-16H2,(H2,30,34)(H,32,36). The second kappa shape index (κ2) is 11.4. The number of nitrogen functional groups attached to an aromatic ring is 1. The number of carbonyl (C=O) groups excluding carboxylic acids is 1. The maximum absolute atomic E-state index is 13.4. The largest absolute Gasteiger partial charge is 0.507 e. The predicted molar refractivity (Wildman–Crippen MR) is 142 cm³/mol. The van der Waals surface area contributed by atoms with Gasteiger partial charge in [0.25, 0.3) is 0 Å². The molecule has 0 unspecified atom stereocenters. The van der Waals surface area contributed by atoms with Crippen LogP contribution in [0, 0.1) is 0 Å². The molecule has 0 saturated carbocycles. The van der Waals surface area contributed by atoms with Crippen LogP contribution in [0.3, 0.4) is 0 Å². The minimum Gasteiger partial charge on any atom is -0.507 e. The van der Waals surface area contributed by atoms with Crippen LogP contribution < -0.4 is 21.7 Å². The molecule has 0 spiro atoms. The molecule has 0 atom stereocenters. The van der Waals surface area contributed by atoms with Crippen LogP contribution >= 0.6 is 11.6 Å². The third-order valence-corrected chi connectivity index (χ3v) is 5.71. The van der Waals surface area contributed by atoms with E-state index >= 15 is 0 Å². The van der Waals surface area contributed by atoms with Crippen LogP contribution in [-0.4, -0.2) is 22.5 Å². The zero-order valence-electron chi connectivity index (χ0n) is 19.3. The smallest absolute Gasteiger partial charge is 0.239 e. The summed E-state index contributed by atoms with van der Waals surface area (Å²) in [5, 5.41) is 19.9. The molecule has 0 bridgehead atoms. The number of phenols is 1. The molecule has 7 nitrogen and oxygen atoms in total. The van der Waals surface area contributed by atoms with Crippen LogP contribution in [0.25, 0.3) is 11.3 Å². The van der Waals surface area contributed by atoms with Gasteiger partial charge in [0, 0.05) is 45.3 Å². The monoisotopic (exact) mass is 505 g/mol. The lowest BCUT2D eigenvalue weighted by molar-refractivity contribution is -0.119. The van der Waals surface area contributed by atoms with Gasteiger partial charge < -0.3 is 26.8 Å². The Morgan fingerprint density at radius 2 is 1.78 bits per heavy atom. The molecule has 184 valence electrons. The van der Waals surface area contributed by atoms with E-state index in [1.165, 1.54) is 6.07 Å². The van der Waals surface area contributed by atoms with Crippen LogP contribution in [0.2, 0.25) is 5.02 Å².